The van der Waals surface area contributed by atoms with Crippen LogP contribution in [0.2, 0.25) is 0 Å². The van der Waals surface area contributed by atoms with Gasteiger partial charge in [-0.05, 0) is 31.5 Å². The third-order valence-electron chi connectivity index (χ3n) is 2.52. The highest BCUT2D eigenvalue weighted by Gasteiger charge is 2.18. The molecule has 0 bridgehead atoms. The van der Waals surface area contributed by atoms with Crippen LogP contribution in [0.25, 0.3) is 0 Å². The normalized spacial score (nSPS) is 11.7. The fourth-order valence-corrected chi connectivity index (χ4v) is 2.56. The molecule has 0 unspecified atom stereocenters. The molecule has 0 saturated heterocycles. The van der Waals surface area contributed by atoms with Crippen LogP contribution in [0.4, 0.5) is 0 Å². The number of carbonyl (C=O) groups excluding carboxylic acids is 1. The lowest BCUT2D eigenvalue weighted by molar-refractivity contribution is 0.0597. The number of phenolic OH excluding ortho intramolecular Hbond substituents is 1. The maximum absolute atomic E-state index is 12.0. The topological polar surface area (TPSA) is 92.7 Å². The van der Waals surface area contributed by atoms with Crippen molar-refractivity contribution in [1.29, 1.82) is 0 Å². The first-order valence-electron chi connectivity index (χ1n) is 5.94. The van der Waals surface area contributed by atoms with Gasteiger partial charge in [-0.2, -0.15) is 0 Å². The van der Waals surface area contributed by atoms with Crippen LogP contribution in [-0.2, 0) is 14.8 Å². The quantitative estimate of drug-likeness (QED) is 0.471. The number of hydrogen-bond donors (Lipinski definition) is 2. The van der Waals surface area contributed by atoms with Gasteiger partial charge in [0, 0.05) is 6.54 Å². The third kappa shape index (κ3) is 4.07. The zero-order valence-electron chi connectivity index (χ0n) is 11.3. The molecule has 0 saturated carbocycles. The van der Waals surface area contributed by atoms with Gasteiger partial charge in [0.15, 0.2) is 0 Å². The maximum Gasteiger partial charge on any atom is 0.341 e. The number of benzene rings is 1. The van der Waals surface area contributed by atoms with E-state index in [0.717, 1.165) is 19.2 Å². The summed E-state index contributed by atoms with van der Waals surface area (Å²) in [6.07, 6.45) is 4.22. The number of allylic oxidation sites excluding steroid dienone is 1. The minimum Gasteiger partial charge on any atom is -0.507 e. The number of ether oxygens (including phenoxy) is 1. The lowest BCUT2D eigenvalue weighted by Crippen LogP contribution is -2.24. The Morgan fingerprint density at radius 3 is 2.75 bits per heavy atom. The van der Waals surface area contributed by atoms with Crippen molar-refractivity contribution < 1.29 is 23.1 Å². The van der Waals surface area contributed by atoms with Gasteiger partial charge in [0.2, 0.25) is 10.0 Å². The van der Waals surface area contributed by atoms with Gasteiger partial charge < -0.3 is 9.84 Å². The van der Waals surface area contributed by atoms with Crippen molar-refractivity contribution in [3.05, 3.63) is 35.9 Å². The molecule has 2 N–H and O–H groups in total. The van der Waals surface area contributed by atoms with Crippen molar-refractivity contribution in [1.82, 2.24) is 4.72 Å². The lowest BCUT2D eigenvalue weighted by atomic mass is 10.2. The fourth-order valence-electron chi connectivity index (χ4n) is 1.48. The second-order valence-electron chi connectivity index (χ2n) is 3.93. The molecule has 1 aromatic rings. The molecule has 20 heavy (non-hydrogen) atoms. The summed E-state index contributed by atoms with van der Waals surface area (Å²) in [5.41, 5.74) is -0.191. The number of sulfonamides is 1. The van der Waals surface area contributed by atoms with E-state index in [-0.39, 0.29) is 22.8 Å². The zero-order valence-corrected chi connectivity index (χ0v) is 12.1. The Morgan fingerprint density at radius 2 is 2.15 bits per heavy atom. The molecule has 0 aliphatic rings. The molecule has 0 heterocycles. The summed E-state index contributed by atoms with van der Waals surface area (Å²) >= 11 is 0. The highest BCUT2D eigenvalue weighted by Crippen LogP contribution is 2.22. The molecule has 0 aromatic heterocycles. The number of methoxy groups -OCH3 is 1. The van der Waals surface area contributed by atoms with Crippen molar-refractivity contribution in [2.75, 3.05) is 13.7 Å². The van der Waals surface area contributed by atoms with Crippen LogP contribution in [0, 0.1) is 0 Å². The highest BCUT2D eigenvalue weighted by atomic mass is 32.2. The van der Waals surface area contributed by atoms with E-state index >= 15 is 0 Å². The molecule has 0 aliphatic heterocycles. The predicted molar refractivity (Wildman–Crippen MR) is 74.1 cm³/mol. The van der Waals surface area contributed by atoms with Crippen LogP contribution >= 0.6 is 0 Å². The molecule has 6 nitrogen and oxygen atoms in total. The number of carbonyl (C=O) groups is 1. The second kappa shape index (κ2) is 7.06. The van der Waals surface area contributed by atoms with Gasteiger partial charge >= 0.3 is 5.97 Å². The first-order chi connectivity index (χ1) is 9.42. The number of hydrogen-bond acceptors (Lipinski definition) is 5. The largest absolute Gasteiger partial charge is 0.507 e. The number of rotatable bonds is 6. The van der Waals surface area contributed by atoms with Crippen molar-refractivity contribution in [3.63, 3.8) is 0 Å². The summed E-state index contributed by atoms with van der Waals surface area (Å²) in [5, 5.41) is 9.52. The van der Waals surface area contributed by atoms with Crippen molar-refractivity contribution >= 4 is 16.0 Å². The average Bonchev–Trinajstić information content (AvgIpc) is 2.43. The lowest BCUT2D eigenvalue weighted by Gasteiger charge is -2.08. The number of esters is 1. The highest BCUT2D eigenvalue weighted by molar-refractivity contribution is 7.89. The molecule has 1 aromatic carbocycles. The molecule has 0 spiro atoms. The number of nitrogens with one attached hydrogen (secondary N) is 1. The van der Waals surface area contributed by atoms with Crippen LogP contribution < -0.4 is 4.72 Å². The first kappa shape index (κ1) is 16.2. The van der Waals surface area contributed by atoms with Crippen LogP contribution in [0.5, 0.6) is 5.75 Å². The minimum atomic E-state index is -3.72. The summed E-state index contributed by atoms with van der Waals surface area (Å²) in [7, 11) is -2.57. The Hall–Kier alpha value is -1.86. The number of phenols is 1. The van der Waals surface area contributed by atoms with Crippen LogP contribution in [0.15, 0.2) is 35.2 Å². The minimum absolute atomic E-state index is 0.101. The molecule has 0 aliphatic carbocycles. The predicted octanol–water partition coefficient (Wildman–Crippen LogP) is 1.42. The average molecular weight is 299 g/mol. The van der Waals surface area contributed by atoms with E-state index < -0.39 is 16.0 Å². The molecular formula is C13H17NO5S. The van der Waals surface area contributed by atoms with E-state index in [0.29, 0.717) is 6.42 Å². The van der Waals surface area contributed by atoms with Gasteiger partial charge in [0.25, 0.3) is 0 Å². The van der Waals surface area contributed by atoms with Gasteiger partial charge in [-0.15, -0.1) is 0 Å². The zero-order chi connectivity index (χ0) is 15.2. The van der Waals surface area contributed by atoms with Crippen molar-refractivity contribution in [2.24, 2.45) is 0 Å². The molecular weight excluding hydrogens is 282 g/mol. The first-order valence-corrected chi connectivity index (χ1v) is 7.43. The van der Waals surface area contributed by atoms with Crippen LogP contribution in [0.3, 0.4) is 0 Å². The van der Waals surface area contributed by atoms with Gasteiger partial charge in [-0.3, -0.25) is 0 Å². The number of aromatic hydroxyl groups is 1. The van der Waals surface area contributed by atoms with Gasteiger partial charge in [0.05, 0.1) is 12.0 Å². The Bertz CT molecular complexity index is 607. The standard InChI is InChI=1S/C13H17NO5S/c1-3-4-5-8-14-20(17,18)10-6-7-12(15)11(9-10)13(16)19-2/h3-4,6-7,9,14-15H,5,8H2,1-2H3/b4-3+. The van der Waals surface area contributed by atoms with E-state index in [2.05, 4.69) is 9.46 Å². The maximum atomic E-state index is 12.0. The molecule has 1 rings (SSSR count). The molecule has 0 fully saturated rings. The Kier molecular flexibility index (Phi) is 5.72. The summed E-state index contributed by atoms with van der Waals surface area (Å²) in [6, 6.07) is 3.45. The van der Waals surface area contributed by atoms with E-state index in [4.69, 9.17) is 0 Å². The van der Waals surface area contributed by atoms with Gasteiger partial charge in [-0.1, -0.05) is 12.2 Å². The third-order valence-corrected chi connectivity index (χ3v) is 3.98. The summed E-state index contributed by atoms with van der Waals surface area (Å²) in [4.78, 5) is 11.3. The van der Waals surface area contributed by atoms with Crippen LogP contribution in [0.1, 0.15) is 23.7 Å². The Balaban J connectivity index is 2.98. The summed E-state index contributed by atoms with van der Waals surface area (Å²) in [5.74, 6) is -1.13. The van der Waals surface area contributed by atoms with Crippen LogP contribution in [-0.4, -0.2) is 33.1 Å². The van der Waals surface area contributed by atoms with E-state index in [1.165, 1.54) is 6.07 Å². The van der Waals surface area contributed by atoms with E-state index in [1.54, 1.807) is 0 Å². The Morgan fingerprint density at radius 1 is 1.45 bits per heavy atom. The fraction of sp³-hybridized carbons (Fsp3) is 0.308. The van der Waals surface area contributed by atoms with E-state index in [9.17, 15) is 18.3 Å². The summed E-state index contributed by atoms with van der Waals surface area (Å²) in [6.45, 7) is 2.10. The molecule has 0 atom stereocenters. The van der Waals surface area contributed by atoms with E-state index in [1.807, 2.05) is 19.1 Å². The monoisotopic (exact) mass is 299 g/mol. The van der Waals surface area contributed by atoms with Gasteiger partial charge in [0.1, 0.15) is 11.3 Å². The van der Waals surface area contributed by atoms with Crippen molar-refractivity contribution in [3.8, 4) is 5.75 Å². The second-order valence-corrected chi connectivity index (χ2v) is 5.69. The molecule has 0 radical (unpaired) electrons. The van der Waals surface area contributed by atoms with Crippen molar-refractivity contribution in [2.45, 2.75) is 18.2 Å². The summed E-state index contributed by atoms with van der Waals surface area (Å²) < 4.78 is 30.9. The molecule has 0 amide bonds. The smallest absolute Gasteiger partial charge is 0.341 e. The Labute approximate surface area is 118 Å². The SMILES string of the molecule is C/C=C/CCNS(=O)(=O)c1ccc(O)c(C(=O)OC)c1. The molecule has 110 valence electrons. The molecule has 7 heteroatoms. The van der Waals surface area contributed by atoms with Gasteiger partial charge in [-0.25, -0.2) is 17.9 Å².